The number of H-pyrrole nitrogens is 1. The zero-order valence-electron chi connectivity index (χ0n) is 52.5. The zero-order valence-corrected chi connectivity index (χ0v) is 64.4. The molecule has 0 bridgehead atoms. The molecule has 0 unspecified atom stereocenters. The van der Waals surface area contributed by atoms with Crippen LogP contribution in [0, 0.1) is 38.9 Å². The summed E-state index contributed by atoms with van der Waals surface area (Å²) in [5, 5.41) is 7.97. The molecule has 0 radical (unpaired) electrons. The van der Waals surface area contributed by atoms with E-state index in [-0.39, 0.29) is 62.1 Å². The molecule has 0 atom stereocenters. The van der Waals surface area contributed by atoms with Crippen LogP contribution >= 0.6 is 93.1 Å². The van der Waals surface area contributed by atoms with Crippen molar-refractivity contribution in [1.29, 1.82) is 5.41 Å². The van der Waals surface area contributed by atoms with Crippen molar-refractivity contribution in [2.24, 2.45) is 4.99 Å². The van der Waals surface area contributed by atoms with Gasteiger partial charge in [-0.25, -0.2) is 29.3 Å². The van der Waals surface area contributed by atoms with Crippen LogP contribution < -0.4 is 19.0 Å². The van der Waals surface area contributed by atoms with E-state index in [1.807, 2.05) is 128 Å². The quantitative estimate of drug-likeness (QED) is 0.0601. The molecule has 12 aromatic rings. The van der Waals surface area contributed by atoms with E-state index in [9.17, 15) is 57.1 Å². The van der Waals surface area contributed by atoms with Crippen LogP contribution in [-0.4, -0.2) is 50.0 Å². The van der Waals surface area contributed by atoms with E-state index < -0.39 is 52.8 Å². The second-order valence-corrected chi connectivity index (χ2v) is 38.8. The summed E-state index contributed by atoms with van der Waals surface area (Å²) in [6, 6.07) is 51.6. The maximum Gasteiger partial charge on any atom is 0.0684 e. The normalized spacial score (nSPS) is 10.6. The molecule has 11 nitrogen and oxygen atoms in total. The Morgan fingerprint density at radius 3 is 1.13 bits per heavy atom. The van der Waals surface area contributed by atoms with Gasteiger partial charge in [0.05, 0.1) is 81.8 Å². The third-order valence-corrected chi connectivity index (χ3v) is 13.9. The minimum atomic E-state index is -4.50. The van der Waals surface area contributed by atoms with Crippen LogP contribution in [0.5, 0.6) is 0 Å². The van der Waals surface area contributed by atoms with Gasteiger partial charge in [0.25, 0.3) is 0 Å². The zero-order chi connectivity index (χ0) is 72.7. The van der Waals surface area contributed by atoms with Gasteiger partial charge >= 0.3 is 75.2 Å². The van der Waals surface area contributed by atoms with Gasteiger partial charge in [-0.2, -0.15) is 52.7 Å². The number of anilines is 1. The predicted octanol–water partition coefficient (Wildman–Crippen LogP) is 21.8. The van der Waals surface area contributed by atoms with Crippen molar-refractivity contribution in [2.45, 2.75) is 74.7 Å². The Kier molecular flexibility index (Phi) is 38.5. The molecule has 4 N–H and O–H groups in total. The van der Waals surface area contributed by atoms with Crippen LogP contribution in [0.25, 0.3) is 17.1 Å². The second-order valence-electron chi connectivity index (χ2n) is 20.8. The van der Waals surface area contributed by atoms with Crippen molar-refractivity contribution in [3.05, 3.63) is 326 Å². The first kappa shape index (κ1) is 91.8. The number of hydrogen-bond acceptors (Lipinski definition) is 7. The van der Waals surface area contributed by atoms with E-state index in [1.165, 1.54) is 29.6 Å². The number of aryl methyl sites for hydroxylation is 4. The van der Waals surface area contributed by atoms with E-state index in [0.717, 1.165) is 87.9 Å². The number of nitrogen functional groups attached to an aromatic ring is 1. The van der Waals surface area contributed by atoms with Crippen molar-refractivity contribution in [3.8, 4) is 17.1 Å². The number of nitrogens with one attached hydrogen (secondary N) is 2. The SMILES string of the molecule is C.C.C.Cc1cn(-c2cc(Br)cc(C(F)(F)F)c2)cn1.Cc1cn(-c2cc(N)cc(C(F)(F)F)c2)cn1.Cc1cn(-c2cc(N=C(c3ccccc3)c3ccccc3)cc(C(F)(F)F)c2)cn1.Cc1cnc[nH]1.Fc1cc(Br)cc(C(F)(F)F)c1.I.I[I-]I.N=C(c1ccccc1)c1ccccc1. The molecule has 8 aromatic carbocycles. The summed E-state index contributed by atoms with van der Waals surface area (Å²) in [5.41, 5.74) is 11.7. The number of imidazole rings is 4. The molecular weight excluding hydrogens is 1950 g/mol. The van der Waals surface area contributed by atoms with E-state index >= 15 is 0 Å². The Morgan fingerprint density at radius 2 is 0.806 bits per heavy atom. The second kappa shape index (κ2) is 43.2. The maximum absolute atomic E-state index is 13.6. The van der Waals surface area contributed by atoms with Gasteiger partial charge in [-0.15, -0.1) is 24.0 Å². The number of aromatic nitrogens is 8. The van der Waals surface area contributed by atoms with Crippen LogP contribution in [0.1, 0.15) is 89.6 Å². The standard InChI is InChI=1S/C24H18F3N3.C13H11N.C11H8BrF3N2.C11H10F3N3.C7H3BrF4.C4H6N2.3CH4.I3.HI/c1-17-15-30(16-28-17)22-13-20(24(25,26)27)12-21(14-22)29-23(18-8-4-2-5-9-18)19-10-6-3-7-11-19;14-13(11-7-3-1-4-8-11)12-9-5-2-6-10-12;1-7-5-17(6-16-7)10-3-8(11(13,14)15)2-9(12)4-10;1-7-5-17(6-16-7)10-3-8(11(12,13)14)2-9(15)4-10;8-5-1-4(7(10,11)12)2-6(9)3-5;1-4-2-5-3-6-4;;;;1-3-2;/h2-16H,1H3;1-10,14H;2-6H,1H3;2-6H,15H2,1H3;1-3H;2-3H,1H3,(H,5,6);3*1H4;;1H/q;;;;;;;;;-1;. The fourth-order valence-corrected chi connectivity index (χ4v) is 9.48. The summed E-state index contributed by atoms with van der Waals surface area (Å²) < 4.78 is 170. The van der Waals surface area contributed by atoms with E-state index in [4.69, 9.17) is 11.1 Å². The molecule has 4 heterocycles. The molecule has 0 aliphatic carbocycles. The molecule has 0 amide bonds. The Hall–Kier alpha value is -7.29. The van der Waals surface area contributed by atoms with Gasteiger partial charge < -0.3 is 24.4 Å². The maximum atomic E-state index is 13.6. The van der Waals surface area contributed by atoms with Crippen molar-refractivity contribution in [3.63, 3.8) is 0 Å². The minimum absolute atomic E-state index is 0. The van der Waals surface area contributed by atoms with Crippen LogP contribution in [-0.2, 0) is 24.7 Å². The number of halogens is 19. The number of aliphatic imine (C=N–C) groups is 1. The van der Waals surface area contributed by atoms with Crippen LogP contribution in [0.4, 0.5) is 68.5 Å². The molecule has 0 aliphatic heterocycles. The van der Waals surface area contributed by atoms with Gasteiger partial charge in [-0.3, -0.25) is 5.41 Å². The minimum Gasteiger partial charge on any atom is -0.300 e. The smallest absolute Gasteiger partial charge is 0.0684 e. The summed E-state index contributed by atoms with van der Waals surface area (Å²) in [6.45, 7) is 7.28. The van der Waals surface area contributed by atoms with Crippen LogP contribution in [0.15, 0.2) is 258 Å². The molecule has 103 heavy (non-hydrogen) atoms. The molecule has 30 heteroatoms. The fourth-order valence-electron chi connectivity index (χ4n) is 8.53. The van der Waals surface area contributed by atoms with Crippen molar-refractivity contribution in [1.82, 2.24) is 38.6 Å². The largest absolute Gasteiger partial charge is 0.300 e. The molecular formula is C73H69Br2F13I4N11-. The molecule has 4 aromatic heterocycles. The number of aromatic amines is 1. The Balaban J connectivity index is 0.000000434. The van der Waals surface area contributed by atoms with E-state index in [1.54, 1.807) is 73.2 Å². The van der Waals surface area contributed by atoms with Gasteiger partial charge in [0.2, 0.25) is 0 Å². The van der Waals surface area contributed by atoms with Crippen molar-refractivity contribution < 1.29 is 70.3 Å². The van der Waals surface area contributed by atoms with E-state index in [0.29, 0.717) is 58.0 Å². The molecule has 0 saturated carbocycles. The summed E-state index contributed by atoms with van der Waals surface area (Å²) in [7, 11) is 0. The molecule has 0 fully saturated rings. The van der Waals surface area contributed by atoms with Gasteiger partial charge in [-0.1, -0.05) is 175 Å². The summed E-state index contributed by atoms with van der Waals surface area (Å²) >= 11 is 11.1. The topological polar surface area (TPSA) is 144 Å². The summed E-state index contributed by atoms with van der Waals surface area (Å²) in [5.74, 6) is -0.906. The summed E-state index contributed by atoms with van der Waals surface area (Å²) in [6.07, 6.45) is -4.90. The number of rotatable bonds is 8. The predicted molar refractivity (Wildman–Crippen MR) is 415 cm³/mol. The van der Waals surface area contributed by atoms with Crippen LogP contribution in [0.3, 0.4) is 0 Å². The number of nitrogens with two attached hydrogens (primary N) is 1. The summed E-state index contributed by atoms with van der Waals surface area (Å²) in [4.78, 5) is 23.4. The fraction of sp³-hybridized carbons (Fsp3) is 0.151. The van der Waals surface area contributed by atoms with E-state index in [2.05, 4.69) is 99.0 Å². The molecule has 0 saturated heterocycles. The number of benzene rings is 8. The Bertz CT molecular complexity index is 4310. The van der Waals surface area contributed by atoms with Crippen molar-refractivity contribution >= 4 is 116 Å². The first-order chi connectivity index (χ1) is 46.7. The van der Waals surface area contributed by atoms with Gasteiger partial charge in [0, 0.05) is 73.3 Å². The third-order valence-electron chi connectivity index (χ3n) is 13.0. The van der Waals surface area contributed by atoms with Gasteiger partial charge in [0.15, 0.2) is 0 Å². The molecule has 12 rings (SSSR count). The Labute approximate surface area is 652 Å². The Morgan fingerprint density at radius 1 is 0.476 bits per heavy atom. The first-order valence-electron chi connectivity index (χ1n) is 28.6. The molecule has 550 valence electrons. The number of hydrogen-bond donors (Lipinski definition) is 3. The average Bonchev–Trinajstić information content (AvgIpc) is 1.78. The average molecular weight is 2010 g/mol. The van der Waals surface area contributed by atoms with Gasteiger partial charge in [0.1, 0.15) is 5.82 Å². The number of nitrogens with zero attached hydrogens (tertiary/aromatic N) is 8. The molecule has 0 aliphatic rings. The number of alkyl halides is 12. The monoisotopic (exact) mass is 2010 g/mol. The first-order valence-corrected chi connectivity index (χ1v) is 42.7. The third kappa shape index (κ3) is 30.7. The van der Waals surface area contributed by atoms with Crippen LogP contribution in [0.2, 0.25) is 0 Å². The molecule has 0 spiro atoms. The van der Waals surface area contributed by atoms with Gasteiger partial charge in [-0.05, 0) is 112 Å². The van der Waals surface area contributed by atoms with Crippen molar-refractivity contribution in [2.75, 3.05) is 5.73 Å².